The van der Waals surface area contributed by atoms with Gasteiger partial charge < -0.3 is 15.4 Å². The van der Waals surface area contributed by atoms with Crippen LogP contribution in [0.3, 0.4) is 0 Å². The predicted octanol–water partition coefficient (Wildman–Crippen LogP) is 5.16. The molecule has 1 aliphatic rings. The molecule has 0 saturated carbocycles. The molecule has 1 unspecified atom stereocenters. The maximum atomic E-state index is 8.36. The van der Waals surface area contributed by atoms with Crippen molar-refractivity contribution in [2.75, 3.05) is 25.0 Å². The van der Waals surface area contributed by atoms with Gasteiger partial charge in [0.15, 0.2) is 0 Å². The van der Waals surface area contributed by atoms with Crippen molar-refractivity contribution in [3.8, 4) is 0 Å². The molecule has 3 heterocycles. The lowest BCUT2D eigenvalue weighted by atomic mass is 9.93. The molecule has 0 amide bonds. The summed E-state index contributed by atoms with van der Waals surface area (Å²) in [6, 6.07) is 9.96. The van der Waals surface area contributed by atoms with Crippen LogP contribution in [0, 0.1) is 0 Å². The molecule has 0 fully saturated rings. The van der Waals surface area contributed by atoms with E-state index in [1.165, 1.54) is 22.2 Å². The third-order valence-corrected chi connectivity index (χ3v) is 5.86. The molecule has 0 aliphatic carbocycles. The summed E-state index contributed by atoms with van der Waals surface area (Å²) in [5.74, 6) is 1.36. The van der Waals surface area contributed by atoms with Gasteiger partial charge in [-0.1, -0.05) is 37.0 Å². The van der Waals surface area contributed by atoms with E-state index in [1.54, 1.807) is 0 Å². The zero-order valence-electron chi connectivity index (χ0n) is 17.1. The van der Waals surface area contributed by atoms with Gasteiger partial charge in [-0.3, -0.25) is 9.69 Å². The summed E-state index contributed by atoms with van der Waals surface area (Å²) < 4.78 is 0. The van der Waals surface area contributed by atoms with Crippen molar-refractivity contribution in [3.63, 3.8) is 0 Å². The number of halogens is 2. The number of anilines is 1. The average Bonchev–Trinajstić information content (AvgIpc) is 3.08. The van der Waals surface area contributed by atoms with E-state index in [1.807, 2.05) is 18.2 Å². The van der Waals surface area contributed by atoms with E-state index < -0.39 is 0 Å². The summed E-state index contributed by atoms with van der Waals surface area (Å²) in [6.07, 6.45) is 0.838. The molecule has 0 bridgehead atoms. The number of rotatable bonds is 5. The summed E-state index contributed by atoms with van der Waals surface area (Å²) in [7, 11) is 0. The molecule has 4 rings (SSSR count). The van der Waals surface area contributed by atoms with Gasteiger partial charge >= 0.3 is 0 Å². The second kappa shape index (κ2) is 10.2. The van der Waals surface area contributed by atoms with E-state index in [0.717, 1.165) is 54.2 Å². The highest BCUT2D eigenvalue weighted by Crippen LogP contribution is 2.35. The Morgan fingerprint density at radius 2 is 2.10 bits per heavy atom. The largest absolute Gasteiger partial charge is 0.483 e. The van der Waals surface area contributed by atoms with Crippen molar-refractivity contribution >= 4 is 46.4 Å². The van der Waals surface area contributed by atoms with Crippen molar-refractivity contribution in [1.29, 1.82) is 0 Å². The van der Waals surface area contributed by atoms with Crippen molar-refractivity contribution < 1.29 is 9.90 Å². The fourth-order valence-electron chi connectivity index (χ4n) is 4.04. The number of pyridine rings is 1. The Kier molecular flexibility index (Phi) is 7.58. The Morgan fingerprint density at radius 3 is 2.83 bits per heavy atom. The Hall–Kier alpha value is -2.28. The molecular weight excluding hydrogens is 423 g/mol. The van der Waals surface area contributed by atoms with Crippen LogP contribution in [0.1, 0.15) is 36.7 Å². The molecule has 160 valence electrons. The molecule has 0 saturated heterocycles. The molecule has 1 aromatic carbocycles. The van der Waals surface area contributed by atoms with Crippen LogP contribution >= 0.6 is 23.2 Å². The number of aromatic amines is 1. The van der Waals surface area contributed by atoms with Gasteiger partial charge in [0.05, 0.1) is 10.7 Å². The second-order valence-electron chi connectivity index (χ2n) is 7.35. The predicted molar refractivity (Wildman–Crippen MR) is 123 cm³/mol. The quantitative estimate of drug-likeness (QED) is 0.469. The van der Waals surface area contributed by atoms with E-state index in [2.05, 4.69) is 46.2 Å². The number of carbonyl (C=O) groups is 1. The molecule has 3 aromatic rings. The van der Waals surface area contributed by atoms with Gasteiger partial charge in [0, 0.05) is 47.8 Å². The van der Waals surface area contributed by atoms with Gasteiger partial charge in [-0.2, -0.15) is 0 Å². The van der Waals surface area contributed by atoms with Gasteiger partial charge in [0.25, 0.3) is 6.47 Å². The lowest BCUT2D eigenvalue weighted by molar-refractivity contribution is -0.122. The number of carboxylic acid groups (broad SMARTS) is 1. The van der Waals surface area contributed by atoms with E-state index in [-0.39, 0.29) is 6.47 Å². The molecular formula is C22H26Cl2N4O2. The van der Waals surface area contributed by atoms with Crippen LogP contribution < -0.4 is 5.32 Å². The number of nitrogens with zero attached hydrogens (tertiary/aromatic N) is 2. The highest BCUT2D eigenvalue weighted by Gasteiger charge is 2.26. The Labute approximate surface area is 186 Å². The number of hydrogen-bond acceptors (Lipinski definition) is 4. The zero-order chi connectivity index (χ0) is 21.7. The Morgan fingerprint density at radius 1 is 1.33 bits per heavy atom. The minimum Gasteiger partial charge on any atom is -0.483 e. The van der Waals surface area contributed by atoms with Crippen molar-refractivity contribution in [2.24, 2.45) is 0 Å². The maximum Gasteiger partial charge on any atom is 0.290 e. The van der Waals surface area contributed by atoms with Crippen LogP contribution in [0.5, 0.6) is 0 Å². The SMILES string of the molecule is CCc1nc(NCCN2Cc3[nH]c4ccc(Cl)cc4c3C(C)C2)ccc1Cl.O=CO. The van der Waals surface area contributed by atoms with Crippen molar-refractivity contribution in [1.82, 2.24) is 14.9 Å². The van der Waals surface area contributed by atoms with E-state index in [4.69, 9.17) is 33.1 Å². The Bertz CT molecular complexity index is 1020. The van der Waals surface area contributed by atoms with Gasteiger partial charge in [0.2, 0.25) is 0 Å². The summed E-state index contributed by atoms with van der Waals surface area (Å²) in [5, 5.41) is 13.1. The molecule has 30 heavy (non-hydrogen) atoms. The van der Waals surface area contributed by atoms with Gasteiger partial charge in [-0.15, -0.1) is 0 Å². The molecule has 3 N–H and O–H groups in total. The molecule has 0 spiro atoms. The normalized spacial score (nSPS) is 15.9. The number of nitrogens with one attached hydrogen (secondary N) is 2. The number of H-pyrrole nitrogens is 1. The highest BCUT2D eigenvalue weighted by atomic mass is 35.5. The maximum absolute atomic E-state index is 8.36. The first kappa shape index (κ1) is 22.4. The van der Waals surface area contributed by atoms with Crippen LogP contribution in [0.2, 0.25) is 10.0 Å². The lowest BCUT2D eigenvalue weighted by Crippen LogP contribution is -2.35. The fourth-order valence-corrected chi connectivity index (χ4v) is 4.45. The molecule has 8 heteroatoms. The average molecular weight is 449 g/mol. The number of benzene rings is 1. The smallest absolute Gasteiger partial charge is 0.290 e. The van der Waals surface area contributed by atoms with Crippen LogP contribution in [-0.2, 0) is 17.8 Å². The summed E-state index contributed by atoms with van der Waals surface area (Å²) in [6.45, 7) is 7.90. The number of aryl methyl sites for hydroxylation is 1. The molecule has 6 nitrogen and oxygen atoms in total. The third-order valence-electron chi connectivity index (χ3n) is 5.28. The highest BCUT2D eigenvalue weighted by molar-refractivity contribution is 6.31. The van der Waals surface area contributed by atoms with E-state index in [9.17, 15) is 0 Å². The van der Waals surface area contributed by atoms with Crippen LogP contribution in [-0.4, -0.2) is 46.1 Å². The third kappa shape index (κ3) is 5.06. The van der Waals surface area contributed by atoms with Crippen LogP contribution in [0.25, 0.3) is 10.9 Å². The summed E-state index contributed by atoms with van der Waals surface area (Å²) >= 11 is 12.4. The Balaban J connectivity index is 0.000000806. The fraction of sp³-hybridized carbons (Fsp3) is 0.364. The number of hydrogen-bond donors (Lipinski definition) is 3. The first-order valence-electron chi connectivity index (χ1n) is 9.96. The van der Waals surface area contributed by atoms with E-state index >= 15 is 0 Å². The van der Waals surface area contributed by atoms with Gasteiger partial charge in [-0.05, 0) is 48.2 Å². The summed E-state index contributed by atoms with van der Waals surface area (Å²) in [4.78, 5) is 19.0. The standard InChI is InChI=1S/C21H24Cl2N4.CH2O2/c1-3-17-16(23)5-7-20(26-17)24-8-9-27-11-13(2)21-15-10-14(22)4-6-18(15)25-19(21)12-27;2-1-3/h4-7,10,13,25H,3,8-9,11-12H2,1-2H3,(H,24,26);1H,(H,2,3). The first-order valence-corrected chi connectivity index (χ1v) is 10.7. The lowest BCUT2D eigenvalue weighted by Gasteiger charge is -2.31. The van der Waals surface area contributed by atoms with Crippen LogP contribution in [0.4, 0.5) is 5.82 Å². The molecule has 0 radical (unpaired) electrons. The van der Waals surface area contributed by atoms with Crippen LogP contribution in [0.15, 0.2) is 30.3 Å². The van der Waals surface area contributed by atoms with Crippen molar-refractivity contribution in [2.45, 2.75) is 32.7 Å². The minimum absolute atomic E-state index is 0.250. The number of fused-ring (bicyclic) bond motifs is 3. The van der Waals surface area contributed by atoms with Gasteiger partial charge in [-0.25, -0.2) is 4.98 Å². The monoisotopic (exact) mass is 448 g/mol. The zero-order valence-corrected chi connectivity index (χ0v) is 18.6. The number of aromatic nitrogens is 2. The molecule has 1 atom stereocenters. The second-order valence-corrected chi connectivity index (χ2v) is 8.20. The van der Waals surface area contributed by atoms with Gasteiger partial charge in [0.1, 0.15) is 5.82 Å². The van der Waals surface area contributed by atoms with Crippen molar-refractivity contribution in [3.05, 3.63) is 57.3 Å². The molecule has 2 aromatic heterocycles. The first-order chi connectivity index (χ1) is 14.5. The topological polar surface area (TPSA) is 81.2 Å². The minimum atomic E-state index is -0.250. The van der Waals surface area contributed by atoms with E-state index in [0.29, 0.717) is 5.92 Å². The summed E-state index contributed by atoms with van der Waals surface area (Å²) in [5.41, 5.74) is 4.84. The molecule has 1 aliphatic heterocycles.